The van der Waals surface area contributed by atoms with Gasteiger partial charge in [0.2, 0.25) is 0 Å². The molecule has 6 heteroatoms. The summed E-state index contributed by atoms with van der Waals surface area (Å²) in [7, 11) is 1.60. The molecule has 1 aromatic carbocycles. The fourth-order valence-corrected chi connectivity index (χ4v) is 2.38. The zero-order chi connectivity index (χ0) is 13.8. The van der Waals surface area contributed by atoms with Crippen molar-refractivity contribution in [2.75, 3.05) is 7.11 Å². The zero-order valence-corrected chi connectivity index (χ0v) is 13.2. The van der Waals surface area contributed by atoms with Crippen LogP contribution in [-0.2, 0) is 6.61 Å². The van der Waals surface area contributed by atoms with Gasteiger partial charge < -0.3 is 14.6 Å². The molecule has 0 atom stereocenters. The van der Waals surface area contributed by atoms with E-state index in [1.807, 2.05) is 0 Å². The quantitative estimate of drug-likeness (QED) is 0.862. The maximum Gasteiger partial charge on any atom is 0.143 e. The number of nitrogens with zero attached hydrogens (tertiary/aromatic N) is 1. The van der Waals surface area contributed by atoms with Crippen molar-refractivity contribution in [2.45, 2.75) is 6.61 Å². The molecule has 0 saturated heterocycles. The van der Waals surface area contributed by atoms with E-state index in [2.05, 4.69) is 36.8 Å². The summed E-state index contributed by atoms with van der Waals surface area (Å²) in [4.78, 5) is 3.94. The van der Waals surface area contributed by atoms with Gasteiger partial charge in [-0.3, -0.25) is 4.98 Å². The number of halogens is 2. The molecule has 1 N–H and O–H groups in total. The average molecular weight is 389 g/mol. The first-order valence-electron chi connectivity index (χ1n) is 5.40. The van der Waals surface area contributed by atoms with Crippen LogP contribution in [0.5, 0.6) is 17.2 Å². The number of methoxy groups -OCH3 is 1. The van der Waals surface area contributed by atoms with Crippen molar-refractivity contribution in [3.63, 3.8) is 0 Å². The maximum absolute atomic E-state index is 9.24. The van der Waals surface area contributed by atoms with Crippen molar-refractivity contribution in [3.05, 3.63) is 45.1 Å². The number of benzene rings is 1. The smallest absolute Gasteiger partial charge is 0.143 e. The SMILES string of the molecule is COc1cc(Br)c(Oc2ccncc2CO)cc1Br. The second-order valence-corrected chi connectivity index (χ2v) is 5.37. The molecule has 0 saturated carbocycles. The normalized spacial score (nSPS) is 10.3. The number of pyridine rings is 1. The Balaban J connectivity index is 2.36. The number of aliphatic hydroxyl groups excluding tert-OH is 1. The monoisotopic (exact) mass is 387 g/mol. The van der Waals surface area contributed by atoms with E-state index in [1.54, 1.807) is 37.7 Å². The molecule has 0 radical (unpaired) electrons. The average Bonchev–Trinajstić information content (AvgIpc) is 2.43. The molecule has 0 aliphatic carbocycles. The standard InChI is InChI=1S/C13H11Br2NO3/c1-18-12-4-10(15)13(5-9(12)14)19-11-2-3-16-6-8(11)7-17/h2-6,17H,7H2,1H3. The van der Waals surface area contributed by atoms with Crippen LogP contribution in [0, 0.1) is 0 Å². The number of aromatic nitrogens is 1. The second-order valence-electron chi connectivity index (χ2n) is 3.66. The molecule has 2 rings (SSSR count). The molecule has 1 aromatic heterocycles. The summed E-state index contributed by atoms with van der Waals surface area (Å²) in [5.74, 6) is 1.89. The number of ether oxygens (including phenoxy) is 2. The van der Waals surface area contributed by atoms with Crippen LogP contribution in [0.25, 0.3) is 0 Å². The summed E-state index contributed by atoms with van der Waals surface area (Å²) in [6.07, 6.45) is 3.18. The van der Waals surface area contributed by atoms with E-state index in [9.17, 15) is 5.11 Å². The van der Waals surface area contributed by atoms with Crippen LogP contribution in [0.2, 0.25) is 0 Å². The molecule has 19 heavy (non-hydrogen) atoms. The predicted molar refractivity (Wildman–Crippen MR) is 78.6 cm³/mol. The lowest BCUT2D eigenvalue weighted by Crippen LogP contribution is -1.94. The van der Waals surface area contributed by atoms with Crippen molar-refractivity contribution in [1.29, 1.82) is 0 Å². The molecular formula is C13H11Br2NO3. The lowest BCUT2D eigenvalue weighted by molar-refractivity contribution is 0.276. The summed E-state index contributed by atoms with van der Waals surface area (Å²) in [6.45, 7) is -0.127. The number of hydrogen-bond donors (Lipinski definition) is 1. The molecule has 0 bridgehead atoms. The van der Waals surface area contributed by atoms with E-state index >= 15 is 0 Å². The van der Waals surface area contributed by atoms with E-state index < -0.39 is 0 Å². The van der Waals surface area contributed by atoms with Crippen LogP contribution < -0.4 is 9.47 Å². The summed E-state index contributed by atoms with van der Waals surface area (Å²) < 4.78 is 12.5. The Morgan fingerprint density at radius 2 is 1.84 bits per heavy atom. The lowest BCUT2D eigenvalue weighted by Gasteiger charge is -2.12. The minimum Gasteiger partial charge on any atom is -0.496 e. The van der Waals surface area contributed by atoms with Crippen molar-refractivity contribution >= 4 is 31.9 Å². The highest BCUT2D eigenvalue weighted by Crippen LogP contribution is 2.38. The molecule has 100 valence electrons. The van der Waals surface area contributed by atoms with Gasteiger partial charge in [-0.15, -0.1) is 0 Å². The van der Waals surface area contributed by atoms with E-state index in [4.69, 9.17) is 9.47 Å². The molecule has 0 unspecified atom stereocenters. The lowest BCUT2D eigenvalue weighted by atomic mass is 10.2. The van der Waals surface area contributed by atoms with Crippen molar-refractivity contribution in [1.82, 2.24) is 4.98 Å². The molecule has 4 nitrogen and oxygen atoms in total. The molecular weight excluding hydrogens is 378 g/mol. The first-order chi connectivity index (χ1) is 9.15. The fourth-order valence-electron chi connectivity index (χ4n) is 1.50. The van der Waals surface area contributed by atoms with Gasteiger partial charge in [-0.1, -0.05) is 0 Å². The highest BCUT2D eigenvalue weighted by Gasteiger charge is 2.11. The van der Waals surface area contributed by atoms with E-state index in [0.717, 1.165) is 8.95 Å². The second kappa shape index (κ2) is 6.36. The topological polar surface area (TPSA) is 51.6 Å². The third-order valence-corrected chi connectivity index (χ3v) is 3.69. The summed E-state index contributed by atoms with van der Waals surface area (Å²) >= 11 is 6.82. The van der Waals surface area contributed by atoms with Crippen molar-refractivity contribution in [2.24, 2.45) is 0 Å². The van der Waals surface area contributed by atoms with Crippen LogP contribution in [0.1, 0.15) is 5.56 Å². The van der Waals surface area contributed by atoms with Crippen molar-refractivity contribution < 1.29 is 14.6 Å². The molecule has 0 fully saturated rings. The van der Waals surface area contributed by atoms with E-state index in [-0.39, 0.29) is 6.61 Å². The fraction of sp³-hybridized carbons (Fsp3) is 0.154. The van der Waals surface area contributed by atoms with E-state index in [0.29, 0.717) is 22.8 Å². The van der Waals surface area contributed by atoms with Crippen LogP contribution in [-0.4, -0.2) is 17.2 Å². The van der Waals surface area contributed by atoms with Crippen molar-refractivity contribution in [3.8, 4) is 17.2 Å². The maximum atomic E-state index is 9.24. The molecule has 0 amide bonds. The molecule has 2 aromatic rings. The van der Waals surface area contributed by atoms with Crippen LogP contribution >= 0.6 is 31.9 Å². The molecule has 1 heterocycles. The van der Waals surface area contributed by atoms with E-state index in [1.165, 1.54) is 0 Å². The van der Waals surface area contributed by atoms with Gasteiger partial charge in [0.1, 0.15) is 17.2 Å². The van der Waals surface area contributed by atoms with Gasteiger partial charge >= 0.3 is 0 Å². The van der Waals surface area contributed by atoms with Gasteiger partial charge in [0, 0.05) is 18.0 Å². The van der Waals surface area contributed by atoms with Crippen LogP contribution in [0.15, 0.2) is 39.5 Å². The number of hydrogen-bond acceptors (Lipinski definition) is 4. The Bertz CT molecular complexity index is 590. The summed E-state index contributed by atoms with van der Waals surface area (Å²) in [5, 5.41) is 9.24. The summed E-state index contributed by atoms with van der Waals surface area (Å²) in [5.41, 5.74) is 0.626. The summed E-state index contributed by atoms with van der Waals surface area (Å²) in [6, 6.07) is 5.31. The minimum absolute atomic E-state index is 0.127. The highest BCUT2D eigenvalue weighted by atomic mass is 79.9. The third kappa shape index (κ3) is 3.26. The van der Waals surface area contributed by atoms with Gasteiger partial charge in [0.25, 0.3) is 0 Å². The Labute approximate surface area is 127 Å². The van der Waals surface area contributed by atoms with Crippen LogP contribution in [0.3, 0.4) is 0 Å². The Hall–Kier alpha value is -1.11. The Morgan fingerprint density at radius 3 is 2.53 bits per heavy atom. The van der Waals surface area contributed by atoms with Gasteiger partial charge in [0.05, 0.1) is 22.7 Å². The minimum atomic E-state index is -0.127. The first kappa shape index (κ1) is 14.3. The molecule has 0 spiro atoms. The van der Waals surface area contributed by atoms with Gasteiger partial charge in [-0.2, -0.15) is 0 Å². The molecule has 0 aliphatic heterocycles. The Kier molecular flexibility index (Phi) is 4.79. The predicted octanol–water partition coefficient (Wildman–Crippen LogP) is 3.90. The highest BCUT2D eigenvalue weighted by molar-refractivity contribution is 9.11. The van der Waals surface area contributed by atoms with Gasteiger partial charge in [-0.05, 0) is 50.1 Å². The Morgan fingerprint density at radius 1 is 1.16 bits per heavy atom. The zero-order valence-electron chi connectivity index (χ0n) is 10.1. The number of rotatable bonds is 4. The third-order valence-electron chi connectivity index (χ3n) is 2.46. The van der Waals surface area contributed by atoms with Crippen LogP contribution in [0.4, 0.5) is 0 Å². The number of aliphatic hydroxyl groups is 1. The van der Waals surface area contributed by atoms with Gasteiger partial charge in [-0.25, -0.2) is 0 Å². The molecule has 0 aliphatic rings. The van der Waals surface area contributed by atoms with Gasteiger partial charge in [0.15, 0.2) is 0 Å². The largest absolute Gasteiger partial charge is 0.496 e. The first-order valence-corrected chi connectivity index (χ1v) is 6.99.